The minimum Gasteiger partial charge on any atom is -0.493 e. The average Bonchev–Trinajstić information content (AvgIpc) is 2.92. The molecule has 0 bridgehead atoms. The molecule has 1 aliphatic rings. The lowest BCUT2D eigenvalue weighted by atomic mass is 9.99. The van der Waals surface area contributed by atoms with Crippen molar-refractivity contribution in [2.45, 2.75) is 24.8 Å². The molecule has 1 aliphatic heterocycles. The van der Waals surface area contributed by atoms with E-state index in [1.54, 1.807) is 0 Å². The Bertz CT molecular complexity index is 417. The maximum atomic E-state index is 14.3. The summed E-state index contributed by atoms with van der Waals surface area (Å²) in [6.45, 7) is 0.646. The number of alkyl halides is 2. The third-order valence-corrected chi connectivity index (χ3v) is 3.27. The smallest absolute Gasteiger partial charge is 0.288 e. The Morgan fingerprint density at radius 3 is 2.50 bits per heavy atom. The van der Waals surface area contributed by atoms with Gasteiger partial charge >= 0.3 is 0 Å². The highest BCUT2D eigenvalue weighted by Crippen LogP contribution is 2.39. The van der Waals surface area contributed by atoms with Crippen LogP contribution in [0.3, 0.4) is 0 Å². The summed E-state index contributed by atoms with van der Waals surface area (Å²) >= 11 is 0. The van der Waals surface area contributed by atoms with Gasteiger partial charge in [-0.05, 0) is 37.6 Å². The van der Waals surface area contributed by atoms with Gasteiger partial charge in [0.05, 0.1) is 20.3 Å². The molecular weight excluding hydrogens is 240 g/mol. The van der Waals surface area contributed by atoms with E-state index in [2.05, 4.69) is 5.32 Å². The SMILES string of the molecule is COc1ccc(C(F)(F)C2CCCN2)cc1OC. The molecule has 1 fully saturated rings. The molecule has 1 N–H and O–H groups in total. The molecule has 0 amide bonds. The number of hydrogen-bond acceptors (Lipinski definition) is 3. The summed E-state index contributed by atoms with van der Waals surface area (Å²) in [6, 6.07) is 3.45. The Kier molecular flexibility index (Phi) is 3.71. The van der Waals surface area contributed by atoms with Gasteiger partial charge in [0.25, 0.3) is 5.92 Å². The van der Waals surface area contributed by atoms with Crippen LogP contribution in [-0.2, 0) is 5.92 Å². The number of hydrogen-bond donors (Lipinski definition) is 1. The molecule has 18 heavy (non-hydrogen) atoms. The van der Waals surface area contributed by atoms with Crippen molar-refractivity contribution in [1.29, 1.82) is 0 Å². The van der Waals surface area contributed by atoms with Gasteiger partial charge in [-0.25, -0.2) is 0 Å². The van der Waals surface area contributed by atoms with Crippen molar-refractivity contribution in [2.75, 3.05) is 20.8 Å². The lowest BCUT2D eigenvalue weighted by molar-refractivity contribution is -0.0378. The van der Waals surface area contributed by atoms with Crippen molar-refractivity contribution in [3.05, 3.63) is 23.8 Å². The second kappa shape index (κ2) is 5.10. The molecule has 1 aromatic carbocycles. The van der Waals surface area contributed by atoms with Crippen molar-refractivity contribution >= 4 is 0 Å². The van der Waals surface area contributed by atoms with Crippen LogP contribution in [0.4, 0.5) is 8.78 Å². The highest BCUT2D eigenvalue weighted by atomic mass is 19.3. The second-order valence-electron chi connectivity index (χ2n) is 4.34. The first-order valence-electron chi connectivity index (χ1n) is 5.93. The Labute approximate surface area is 105 Å². The zero-order valence-corrected chi connectivity index (χ0v) is 10.5. The summed E-state index contributed by atoms with van der Waals surface area (Å²) in [4.78, 5) is 0. The average molecular weight is 257 g/mol. The number of methoxy groups -OCH3 is 2. The molecule has 0 spiro atoms. The number of nitrogens with one attached hydrogen (secondary N) is 1. The standard InChI is InChI=1S/C13H17F2NO2/c1-17-10-6-5-9(8-11(10)18-2)13(14,15)12-4-3-7-16-12/h5-6,8,12,16H,3-4,7H2,1-2H3. The zero-order chi connectivity index (χ0) is 13.2. The first-order valence-corrected chi connectivity index (χ1v) is 5.93. The van der Waals surface area contributed by atoms with Gasteiger partial charge in [0, 0.05) is 5.56 Å². The van der Waals surface area contributed by atoms with Gasteiger partial charge in [0.15, 0.2) is 11.5 Å². The molecule has 2 rings (SSSR count). The van der Waals surface area contributed by atoms with E-state index in [9.17, 15) is 8.78 Å². The van der Waals surface area contributed by atoms with Gasteiger partial charge in [-0.3, -0.25) is 0 Å². The normalized spacial score (nSPS) is 19.9. The highest BCUT2D eigenvalue weighted by Gasteiger charge is 2.42. The number of benzene rings is 1. The maximum Gasteiger partial charge on any atom is 0.288 e. The first kappa shape index (κ1) is 13.1. The Balaban J connectivity index is 2.31. The fourth-order valence-corrected chi connectivity index (χ4v) is 2.24. The summed E-state index contributed by atoms with van der Waals surface area (Å²) in [5.74, 6) is -2.11. The molecule has 0 aromatic heterocycles. The molecule has 1 heterocycles. The summed E-state index contributed by atoms with van der Waals surface area (Å²) in [5.41, 5.74) is -0.0421. The van der Waals surface area contributed by atoms with Crippen LogP contribution in [0.5, 0.6) is 11.5 Å². The largest absolute Gasteiger partial charge is 0.493 e. The maximum absolute atomic E-state index is 14.3. The van der Waals surface area contributed by atoms with Crippen molar-refractivity contribution in [3.8, 4) is 11.5 Å². The van der Waals surface area contributed by atoms with Crippen molar-refractivity contribution < 1.29 is 18.3 Å². The van der Waals surface area contributed by atoms with Gasteiger partial charge < -0.3 is 14.8 Å². The molecule has 0 saturated carbocycles. The zero-order valence-electron chi connectivity index (χ0n) is 10.5. The third-order valence-electron chi connectivity index (χ3n) is 3.27. The number of ether oxygens (including phenoxy) is 2. The van der Waals surface area contributed by atoms with Gasteiger partial charge in [0.1, 0.15) is 0 Å². The van der Waals surface area contributed by atoms with E-state index in [4.69, 9.17) is 9.47 Å². The monoisotopic (exact) mass is 257 g/mol. The van der Waals surface area contributed by atoms with Crippen molar-refractivity contribution in [2.24, 2.45) is 0 Å². The Hall–Kier alpha value is -1.36. The van der Waals surface area contributed by atoms with E-state index in [0.29, 0.717) is 24.5 Å². The van der Waals surface area contributed by atoms with E-state index in [1.807, 2.05) is 0 Å². The van der Waals surface area contributed by atoms with E-state index in [0.717, 1.165) is 6.42 Å². The predicted molar refractivity (Wildman–Crippen MR) is 64.5 cm³/mol. The van der Waals surface area contributed by atoms with Gasteiger partial charge in [-0.2, -0.15) is 8.78 Å². The Morgan fingerprint density at radius 2 is 1.94 bits per heavy atom. The molecule has 100 valence electrons. The highest BCUT2D eigenvalue weighted by molar-refractivity contribution is 5.44. The van der Waals surface area contributed by atoms with Gasteiger partial charge in [-0.1, -0.05) is 0 Å². The summed E-state index contributed by atoms with van der Waals surface area (Å²) in [6.07, 6.45) is 1.27. The van der Waals surface area contributed by atoms with Crippen LogP contribution in [0.1, 0.15) is 18.4 Å². The summed E-state index contributed by atoms with van der Waals surface area (Å²) in [5, 5.41) is 2.84. The van der Waals surface area contributed by atoms with Crippen LogP contribution in [0.2, 0.25) is 0 Å². The summed E-state index contributed by atoms with van der Waals surface area (Å²) < 4.78 is 38.6. The van der Waals surface area contributed by atoms with Crippen LogP contribution < -0.4 is 14.8 Å². The lowest BCUT2D eigenvalue weighted by Gasteiger charge is -2.24. The van der Waals surface area contributed by atoms with E-state index in [1.165, 1.54) is 32.4 Å². The molecule has 5 heteroatoms. The van der Waals surface area contributed by atoms with Crippen LogP contribution in [0, 0.1) is 0 Å². The van der Waals surface area contributed by atoms with E-state index in [-0.39, 0.29) is 5.56 Å². The first-order chi connectivity index (χ1) is 8.59. The minimum atomic E-state index is -2.89. The molecule has 1 saturated heterocycles. The van der Waals surface area contributed by atoms with Crippen LogP contribution >= 0.6 is 0 Å². The minimum absolute atomic E-state index is 0.0421. The second-order valence-corrected chi connectivity index (χ2v) is 4.34. The molecule has 3 nitrogen and oxygen atoms in total. The fraction of sp³-hybridized carbons (Fsp3) is 0.538. The quantitative estimate of drug-likeness (QED) is 0.899. The van der Waals surface area contributed by atoms with E-state index < -0.39 is 12.0 Å². The molecule has 1 unspecified atom stereocenters. The van der Waals surface area contributed by atoms with E-state index >= 15 is 0 Å². The fourth-order valence-electron chi connectivity index (χ4n) is 2.24. The predicted octanol–water partition coefficient (Wildman–Crippen LogP) is 2.55. The van der Waals surface area contributed by atoms with Crippen molar-refractivity contribution in [3.63, 3.8) is 0 Å². The van der Waals surface area contributed by atoms with Gasteiger partial charge in [-0.15, -0.1) is 0 Å². The molecule has 0 aliphatic carbocycles. The van der Waals surface area contributed by atoms with Crippen LogP contribution in [0.15, 0.2) is 18.2 Å². The molecule has 1 atom stereocenters. The topological polar surface area (TPSA) is 30.5 Å². The lowest BCUT2D eigenvalue weighted by Crippen LogP contribution is -2.38. The third kappa shape index (κ3) is 2.27. The number of rotatable bonds is 4. The summed E-state index contributed by atoms with van der Waals surface area (Å²) in [7, 11) is 2.92. The molecule has 1 aromatic rings. The van der Waals surface area contributed by atoms with Crippen molar-refractivity contribution in [1.82, 2.24) is 5.32 Å². The molecular formula is C13H17F2NO2. The number of halogens is 2. The van der Waals surface area contributed by atoms with Crippen LogP contribution in [0.25, 0.3) is 0 Å². The Morgan fingerprint density at radius 1 is 1.22 bits per heavy atom. The molecule has 0 radical (unpaired) electrons. The van der Waals surface area contributed by atoms with Gasteiger partial charge in [0.2, 0.25) is 0 Å². The van der Waals surface area contributed by atoms with Crippen LogP contribution in [-0.4, -0.2) is 26.8 Å².